The zero-order valence-corrected chi connectivity index (χ0v) is 17.1. The Morgan fingerprint density at radius 2 is 1.70 bits per heavy atom. The van der Waals surface area contributed by atoms with E-state index in [1.54, 1.807) is 0 Å². The van der Waals surface area contributed by atoms with Gasteiger partial charge in [-0.3, -0.25) is 4.79 Å². The maximum atomic E-state index is 12.0. The van der Waals surface area contributed by atoms with E-state index < -0.39 is 24.1 Å². The zero-order valence-electron chi connectivity index (χ0n) is 17.1. The molecular formula is C21H35NO5. The van der Waals surface area contributed by atoms with Gasteiger partial charge in [0.25, 0.3) is 0 Å². The third-order valence-electron chi connectivity index (χ3n) is 3.60. The number of carbonyl (C=O) groups is 2. The summed E-state index contributed by atoms with van der Waals surface area (Å²) in [4.78, 5) is 22.8. The Morgan fingerprint density at radius 1 is 1.07 bits per heavy atom. The minimum Gasteiger partial charge on any atom is -0.550 e. The Hall–Kier alpha value is -1.92. The first kappa shape index (κ1) is 25.1. The van der Waals surface area contributed by atoms with Gasteiger partial charge < -0.3 is 24.2 Å². The van der Waals surface area contributed by atoms with Crippen molar-refractivity contribution >= 4 is 11.9 Å². The summed E-state index contributed by atoms with van der Waals surface area (Å²) in [6.45, 7) is 2.44. The summed E-state index contributed by atoms with van der Waals surface area (Å²) < 4.78 is 5.70. The van der Waals surface area contributed by atoms with E-state index in [0.717, 1.165) is 19.3 Å². The molecule has 27 heavy (non-hydrogen) atoms. The predicted molar refractivity (Wildman–Crippen MR) is 105 cm³/mol. The Balaban J connectivity index is 4.17. The van der Waals surface area contributed by atoms with Gasteiger partial charge in [0.2, 0.25) is 0 Å². The predicted octanol–water partition coefficient (Wildman–Crippen LogP) is 1.74. The van der Waals surface area contributed by atoms with Crippen LogP contribution in [0.1, 0.15) is 45.4 Å². The highest BCUT2D eigenvalue weighted by Crippen LogP contribution is 2.10. The third-order valence-corrected chi connectivity index (χ3v) is 3.60. The van der Waals surface area contributed by atoms with Gasteiger partial charge in [0.05, 0.1) is 33.7 Å². The summed E-state index contributed by atoms with van der Waals surface area (Å²) in [6, 6.07) is 0. The van der Waals surface area contributed by atoms with E-state index in [-0.39, 0.29) is 12.8 Å². The minimum atomic E-state index is -1.26. The van der Waals surface area contributed by atoms with Gasteiger partial charge >= 0.3 is 5.97 Å². The highest BCUT2D eigenvalue weighted by Gasteiger charge is 2.23. The van der Waals surface area contributed by atoms with Gasteiger partial charge in [0, 0.05) is 12.4 Å². The molecule has 0 aliphatic rings. The van der Waals surface area contributed by atoms with Crippen LogP contribution < -0.4 is 5.11 Å². The van der Waals surface area contributed by atoms with Crippen molar-refractivity contribution in [2.75, 3.05) is 27.7 Å². The average Bonchev–Trinajstić information content (AvgIpc) is 2.50. The fourth-order valence-electron chi connectivity index (χ4n) is 2.46. The number of allylic oxidation sites excluding steroid dienone is 6. The molecule has 0 fully saturated rings. The first-order valence-electron chi connectivity index (χ1n) is 9.50. The number of unbranched alkanes of at least 4 members (excludes halogenated alkanes) is 1. The SMILES string of the molecule is CC/C=C/C=C/C=C/CCCC(O)CC(=O)OC(CC(=O)[O-])C[N+](C)(C)C. The molecule has 0 heterocycles. The van der Waals surface area contributed by atoms with Crippen molar-refractivity contribution in [2.24, 2.45) is 0 Å². The van der Waals surface area contributed by atoms with Gasteiger partial charge in [0.1, 0.15) is 6.54 Å². The number of rotatable bonds is 14. The summed E-state index contributed by atoms with van der Waals surface area (Å²) in [5.74, 6) is -1.84. The maximum Gasteiger partial charge on any atom is 0.308 e. The van der Waals surface area contributed by atoms with E-state index in [9.17, 15) is 19.8 Å². The van der Waals surface area contributed by atoms with Crippen LogP contribution >= 0.6 is 0 Å². The van der Waals surface area contributed by atoms with E-state index in [1.807, 2.05) is 51.5 Å². The lowest BCUT2D eigenvalue weighted by atomic mass is 10.1. The third kappa shape index (κ3) is 17.3. The second kappa shape index (κ2) is 14.2. The molecule has 2 atom stereocenters. The Bertz CT molecular complexity index is 517. The number of hydrogen-bond acceptors (Lipinski definition) is 5. The number of carboxylic acid groups (broad SMARTS) is 1. The topological polar surface area (TPSA) is 86.7 Å². The van der Waals surface area contributed by atoms with Crippen molar-refractivity contribution in [2.45, 2.75) is 57.7 Å². The van der Waals surface area contributed by atoms with Crippen LogP contribution in [0.25, 0.3) is 0 Å². The molecule has 154 valence electrons. The van der Waals surface area contributed by atoms with Gasteiger partial charge in [-0.05, 0) is 25.7 Å². The molecule has 6 nitrogen and oxygen atoms in total. The Morgan fingerprint density at radius 3 is 2.26 bits per heavy atom. The summed E-state index contributed by atoms with van der Waals surface area (Å²) >= 11 is 0. The molecule has 0 aromatic carbocycles. The van der Waals surface area contributed by atoms with Gasteiger partial charge in [0.15, 0.2) is 6.10 Å². The smallest absolute Gasteiger partial charge is 0.308 e. The number of carbonyl (C=O) groups excluding carboxylic acids is 2. The van der Waals surface area contributed by atoms with E-state index in [1.165, 1.54) is 0 Å². The number of aliphatic carboxylic acids is 1. The normalized spacial score (nSPS) is 14.9. The second-order valence-electron chi connectivity index (χ2n) is 7.60. The minimum absolute atomic E-state index is 0.133. The molecule has 6 heteroatoms. The van der Waals surface area contributed by atoms with Gasteiger partial charge in [-0.2, -0.15) is 0 Å². The molecule has 0 spiro atoms. The summed E-state index contributed by atoms with van der Waals surface area (Å²) in [5, 5.41) is 20.8. The van der Waals surface area contributed by atoms with Crippen molar-refractivity contribution in [1.29, 1.82) is 0 Å². The number of quaternary nitrogens is 1. The maximum absolute atomic E-state index is 12.0. The lowest BCUT2D eigenvalue weighted by molar-refractivity contribution is -0.873. The first-order valence-corrected chi connectivity index (χ1v) is 9.50. The molecule has 0 saturated carbocycles. The van der Waals surface area contributed by atoms with Crippen molar-refractivity contribution < 1.29 is 29.0 Å². The van der Waals surface area contributed by atoms with Crippen LogP contribution in [0, 0.1) is 0 Å². The highest BCUT2D eigenvalue weighted by atomic mass is 16.5. The molecular weight excluding hydrogens is 346 g/mol. The fraction of sp³-hybridized carbons (Fsp3) is 0.619. The molecule has 0 bridgehead atoms. The molecule has 0 aromatic heterocycles. The molecule has 0 aromatic rings. The van der Waals surface area contributed by atoms with Crippen molar-refractivity contribution in [3.05, 3.63) is 36.5 Å². The second-order valence-corrected chi connectivity index (χ2v) is 7.60. The zero-order chi connectivity index (χ0) is 20.7. The Kier molecular flexibility index (Phi) is 13.2. The summed E-state index contributed by atoms with van der Waals surface area (Å²) in [7, 11) is 5.65. The number of nitrogens with zero attached hydrogens (tertiary/aromatic N) is 1. The quantitative estimate of drug-likeness (QED) is 0.214. The first-order chi connectivity index (χ1) is 12.6. The molecule has 0 aliphatic heterocycles. The van der Waals surface area contributed by atoms with Gasteiger partial charge in [-0.15, -0.1) is 0 Å². The number of likely N-dealkylation sites (N-methyl/N-ethyl adjacent to an activating group) is 1. The van der Waals surface area contributed by atoms with E-state index in [0.29, 0.717) is 17.4 Å². The van der Waals surface area contributed by atoms with Crippen molar-refractivity contribution in [3.63, 3.8) is 0 Å². The number of esters is 1. The number of carboxylic acids is 1. The standard InChI is InChI=1S/C21H35NO5/c1-5-6-7-8-9-10-11-12-13-14-18(23)15-21(26)27-19(16-20(24)25)17-22(2,3)4/h6-11,18-19,23H,5,12-17H2,1-4H3/b7-6+,9-8+,11-10+. The Labute approximate surface area is 163 Å². The van der Waals surface area contributed by atoms with Crippen molar-refractivity contribution in [1.82, 2.24) is 0 Å². The largest absolute Gasteiger partial charge is 0.550 e. The van der Waals surface area contributed by atoms with E-state index in [2.05, 4.69) is 13.0 Å². The molecule has 0 rings (SSSR count). The number of hydrogen-bond donors (Lipinski definition) is 1. The van der Waals surface area contributed by atoms with Crippen LogP contribution in [-0.2, 0) is 14.3 Å². The molecule has 0 aliphatic carbocycles. The molecule has 1 N–H and O–H groups in total. The number of ether oxygens (including phenoxy) is 1. The monoisotopic (exact) mass is 381 g/mol. The van der Waals surface area contributed by atoms with Crippen LogP contribution in [-0.4, -0.2) is 61.4 Å². The highest BCUT2D eigenvalue weighted by molar-refractivity contribution is 5.71. The van der Waals surface area contributed by atoms with Crippen LogP contribution in [0.3, 0.4) is 0 Å². The summed E-state index contributed by atoms with van der Waals surface area (Å²) in [5.41, 5.74) is 0. The van der Waals surface area contributed by atoms with Crippen LogP contribution in [0.2, 0.25) is 0 Å². The average molecular weight is 382 g/mol. The number of aliphatic hydroxyl groups excluding tert-OH is 1. The van der Waals surface area contributed by atoms with Crippen LogP contribution in [0.15, 0.2) is 36.5 Å². The molecule has 0 saturated heterocycles. The lowest BCUT2D eigenvalue weighted by Crippen LogP contribution is -2.45. The van der Waals surface area contributed by atoms with E-state index in [4.69, 9.17) is 4.74 Å². The van der Waals surface area contributed by atoms with Gasteiger partial charge in [-0.1, -0.05) is 43.4 Å². The lowest BCUT2D eigenvalue weighted by Gasteiger charge is -2.29. The molecule has 0 radical (unpaired) electrons. The molecule has 2 unspecified atom stereocenters. The van der Waals surface area contributed by atoms with Crippen LogP contribution in [0.5, 0.6) is 0 Å². The van der Waals surface area contributed by atoms with E-state index >= 15 is 0 Å². The van der Waals surface area contributed by atoms with Crippen LogP contribution in [0.4, 0.5) is 0 Å². The van der Waals surface area contributed by atoms with Crippen molar-refractivity contribution in [3.8, 4) is 0 Å². The van der Waals surface area contributed by atoms with Gasteiger partial charge in [-0.25, -0.2) is 0 Å². The fourth-order valence-corrected chi connectivity index (χ4v) is 2.46. The summed E-state index contributed by atoms with van der Waals surface area (Å²) in [6.07, 6.45) is 13.0. The number of aliphatic hydroxyl groups is 1. The molecule has 0 amide bonds.